The van der Waals surface area contributed by atoms with E-state index in [1.54, 1.807) is 36.4 Å². The first-order valence-corrected chi connectivity index (χ1v) is 13.4. The Balaban J connectivity index is 1.04. The zero-order chi connectivity index (χ0) is 28.6. The predicted octanol–water partition coefficient (Wildman–Crippen LogP) is 8.93. The lowest BCUT2D eigenvalue weighted by atomic mass is 10.1. The molecule has 0 bridgehead atoms. The second-order valence-corrected chi connectivity index (χ2v) is 10.0. The van der Waals surface area contributed by atoms with Crippen LogP contribution in [0.1, 0.15) is 21.5 Å². The summed E-state index contributed by atoms with van der Waals surface area (Å²) in [4.78, 5) is 21.8. The van der Waals surface area contributed by atoms with Crippen LogP contribution in [-0.2, 0) is 0 Å². The second-order valence-electron chi connectivity index (χ2n) is 10.0. The van der Waals surface area contributed by atoms with Crippen LogP contribution >= 0.6 is 0 Å². The van der Waals surface area contributed by atoms with Gasteiger partial charge in [0.15, 0.2) is 11.2 Å². The van der Waals surface area contributed by atoms with Gasteiger partial charge in [0.05, 0.1) is 5.56 Å². The van der Waals surface area contributed by atoms with Gasteiger partial charge in [0.25, 0.3) is 0 Å². The predicted molar refractivity (Wildman–Crippen MR) is 160 cm³/mol. The summed E-state index contributed by atoms with van der Waals surface area (Å²) >= 11 is 0. The third-order valence-corrected chi connectivity index (χ3v) is 6.85. The average molecular weight is 553 g/mol. The number of esters is 1. The molecule has 0 radical (unpaired) electrons. The van der Waals surface area contributed by atoms with Crippen LogP contribution in [0.4, 0.5) is 0 Å². The molecular weight excluding hydrogens is 528 g/mol. The number of oxazole rings is 2. The van der Waals surface area contributed by atoms with E-state index in [4.69, 9.17) is 18.3 Å². The highest BCUT2D eigenvalue weighted by Gasteiger charge is 2.15. The Kier molecular flexibility index (Phi) is 6.24. The van der Waals surface area contributed by atoms with Crippen LogP contribution < -0.4 is 9.47 Å². The third-order valence-electron chi connectivity index (χ3n) is 6.85. The Labute approximate surface area is 241 Å². The number of aromatic nitrogens is 2. The number of ether oxygens (including phenoxy) is 2. The minimum Gasteiger partial charge on any atom is -0.457 e. The van der Waals surface area contributed by atoms with E-state index < -0.39 is 5.97 Å². The Bertz CT molecular complexity index is 1990. The summed E-state index contributed by atoms with van der Waals surface area (Å²) in [6.45, 7) is 4.02. The highest BCUT2D eigenvalue weighted by atomic mass is 16.5. The molecular formula is C35H24N2O5. The topological polar surface area (TPSA) is 87.6 Å². The zero-order valence-corrected chi connectivity index (χ0v) is 22.8. The molecule has 42 heavy (non-hydrogen) atoms. The first-order chi connectivity index (χ1) is 20.5. The molecule has 7 rings (SSSR count). The molecule has 0 saturated carbocycles. The highest BCUT2D eigenvalue weighted by molar-refractivity contribution is 5.92. The number of benzene rings is 5. The summed E-state index contributed by atoms with van der Waals surface area (Å²) in [7, 11) is 0. The lowest BCUT2D eigenvalue weighted by Gasteiger charge is -2.08. The number of aryl methyl sites for hydroxylation is 2. The Morgan fingerprint density at radius 3 is 1.57 bits per heavy atom. The maximum atomic E-state index is 12.5. The van der Waals surface area contributed by atoms with Crippen molar-refractivity contribution in [1.82, 2.24) is 9.97 Å². The highest BCUT2D eigenvalue weighted by Crippen LogP contribution is 2.32. The zero-order valence-electron chi connectivity index (χ0n) is 22.8. The van der Waals surface area contributed by atoms with E-state index in [0.29, 0.717) is 51.3 Å². The number of hydrogen-bond donors (Lipinski definition) is 0. The summed E-state index contributed by atoms with van der Waals surface area (Å²) in [6.07, 6.45) is 0. The molecule has 0 aliphatic carbocycles. The third kappa shape index (κ3) is 5.11. The molecule has 0 saturated heterocycles. The van der Waals surface area contributed by atoms with Gasteiger partial charge in [-0.2, -0.15) is 0 Å². The maximum Gasteiger partial charge on any atom is 0.343 e. The number of rotatable bonds is 6. The van der Waals surface area contributed by atoms with Crippen LogP contribution in [-0.4, -0.2) is 15.9 Å². The molecule has 0 N–H and O–H groups in total. The van der Waals surface area contributed by atoms with Crippen LogP contribution in [0.15, 0.2) is 118 Å². The van der Waals surface area contributed by atoms with Crippen molar-refractivity contribution >= 4 is 28.2 Å². The van der Waals surface area contributed by atoms with Gasteiger partial charge in [0, 0.05) is 17.2 Å². The van der Waals surface area contributed by atoms with Crippen molar-refractivity contribution in [2.75, 3.05) is 0 Å². The van der Waals surface area contributed by atoms with Gasteiger partial charge in [-0.3, -0.25) is 0 Å². The summed E-state index contributed by atoms with van der Waals surface area (Å²) < 4.78 is 23.4. The summed E-state index contributed by atoms with van der Waals surface area (Å²) in [6, 6.07) is 33.3. The molecule has 0 fully saturated rings. The smallest absolute Gasteiger partial charge is 0.343 e. The standard InChI is InChI=1S/C35H24N2O5/c1-21-3-7-23(8-4-21)33-36-29-19-30-32(20-31(29)41-33)42-34(37-30)24-9-15-26(16-10-24)39-27-17-11-25(12-18-27)35(38)40-28-13-5-22(2)6-14-28/h3-20H,1-2H3. The van der Waals surface area contributed by atoms with Crippen LogP contribution in [0.2, 0.25) is 0 Å². The first kappa shape index (κ1) is 25.3. The van der Waals surface area contributed by atoms with Gasteiger partial charge in [0.2, 0.25) is 11.8 Å². The second kappa shape index (κ2) is 10.4. The summed E-state index contributed by atoms with van der Waals surface area (Å²) in [5.74, 6) is 2.35. The van der Waals surface area contributed by atoms with Gasteiger partial charge >= 0.3 is 5.97 Å². The van der Waals surface area contributed by atoms with E-state index in [-0.39, 0.29) is 0 Å². The normalized spacial score (nSPS) is 11.2. The van der Waals surface area contributed by atoms with Crippen molar-refractivity contribution < 1.29 is 23.1 Å². The van der Waals surface area contributed by atoms with Gasteiger partial charge in [-0.15, -0.1) is 0 Å². The Morgan fingerprint density at radius 1 is 0.571 bits per heavy atom. The van der Waals surface area contributed by atoms with Crippen LogP contribution in [0, 0.1) is 13.8 Å². The monoisotopic (exact) mass is 552 g/mol. The number of carbonyl (C=O) groups is 1. The average Bonchev–Trinajstić information content (AvgIpc) is 3.61. The fraction of sp³-hybridized carbons (Fsp3) is 0.0571. The number of hydrogen-bond acceptors (Lipinski definition) is 7. The molecule has 0 aliphatic heterocycles. The van der Waals surface area contributed by atoms with Crippen molar-refractivity contribution in [3.63, 3.8) is 0 Å². The first-order valence-electron chi connectivity index (χ1n) is 13.4. The maximum absolute atomic E-state index is 12.5. The van der Waals surface area contributed by atoms with Gasteiger partial charge in [-0.1, -0.05) is 35.4 Å². The van der Waals surface area contributed by atoms with E-state index in [1.807, 2.05) is 86.6 Å². The molecule has 7 nitrogen and oxygen atoms in total. The number of fused-ring (bicyclic) bond motifs is 2. The van der Waals surface area contributed by atoms with E-state index in [1.165, 1.54) is 5.56 Å². The number of nitrogens with zero attached hydrogens (tertiary/aromatic N) is 2. The largest absolute Gasteiger partial charge is 0.457 e. The molecule has 0 amide bonds. The lowest BCUT2D eigenvalue weighted by Crippen LogP contribution is -2.08. The van der Waals surface area contributed by atoms with Gasteiger partial charge < -0.3 is 18.3 Å². The summed E-state index contributed by atoms with van der Waals surface area (Å²) in [5.41, 5.74) is 7.10. The van der Waals surface area contributed by atoms with Gasteiger partial charge in [0.1, 0.15) is 28.3 Å². The minimum atomic E-state index is -0.427. The molecule has 0 atom stereocenters. The van der Waals surface area contributed by atoms with E-state index >= 15 is 0 Å². The molecule has 204 valence electrons. The molecule has 7 heteroatoms. The Morgan fingerprint density at radius 2 is 1.02 bits per heavy atom. The minimum absolute atomic E-state index is 0.427. The van der Waals surface area contributed by atoms with E-state index in [9.17, 15) is 4.79 Å². The SMILES string of the molecule is Cc1ccc(OC(=O)c2ccc(Oc3ccc(-c4nc5cc6nc(-c7ccc(C)cc7)oc6cc5o4)cc3)cc2)cc1. The van der Waals surface area contributed by atoms with Crippen molar-refractivity contribution in [3.8, 4) is 40.2 Å². The van der Waals surface area contributed by atoms with Crippen LogP contribution in [0.3, 0.4) is 0 Å². The van der Waals surface area contributed by atoms with Crippen molar-refractivity contribution in [3.05, 3.63) is 126 Å². The Hall–Kier alpha value is -5.69. The van der Waals surface area contributed by atoms with Gasteiger partial charge in [-0.05, 0) is 92.7 Å². The molecule has 2 heterocycles. The van der Waals surface area contributed by atoms with Crippen molar-refractivity contribution in [1.29, 1.82) is 0 Å². The van der Waals surface area contributed by atoms with Crippen molar-refractivity contribution in [2.24, 2.45) is 0 Å². The van der Waals surface area contributed by atoms with Crippen LogP contribution in [0.25, 0.3) is 45.1 Å². The van der Waals surface area contributed by atoms with E-state index in [0.717, 1.165) is 22.2 Å². The molecule has 2 aromatic heterocycles. The van der Waals surface area contributed by atoms with Crippen molar-refractivity contribution in [2.45, 2.75) is 13.8 Å². The molecule has 0 spiro atoms. The number of carbonyl (C=O) groups excluding carboxylic acids is 1. The molecule has 0 unspecified atom stereocenters. The summed E-state index contributed by atoms with van der Waals surface area (Å²) in [5, 5.41) is 0. The van der Waals surface area contributed by atoms with Gasteiger partial charge in [-0.25, -0.2) is 14.8 Å². The lowest BCUT2D eigenvalue weighted by molar-refractivity contribution is 0.0734. The van der Waals surface area contributed by atoms with Crippen LogP contribution in [0.5, 0.6) is 17.2 Å². The molecule has 7 aromatic rings. The fourth-order valence-corrected chi connectivity index (χ4v) is 4.53. The molecule has 5 aromatic carbocycles. The van der Waals surface area contributed by atoms with E-state index in [2.05, 4.69) is 9.97 Å². The molecule has 0 aliphatic rings. The quantitative estimate of drug-likeness (QED) is 0.150. The fourth-order valence-electron chi connectivity index (χ4n) is 4.53.